The van der Waals surface area contributed by atoms with Gasteiger partial charge in [-0.15, -0.1) is 0 Å². The van der Waals surface area contributed by atoms with Gasteiger partial charge in [0.05, 0.1) is 5.54 Å². The molecule has 2 atom stereocenters. The summed E-state index contributed by atoms with van der Waals surface area (Å²) in [4.78, 5) is 2.85. The molecule has 7 aromatic rings. The molecule has 3 heteroatoms. The van der Waals surface area contributed by atoms with Crippen LogP contribution >= 0.6 is 0 Å². The Bertz CT molecular complexity index is 2840. The predicted molar refractivity (Wildman–Crippen MR) is 250 cm³/mol. The van der Waals surface area contributed by atoms with E-state index in [1.165, 1.54) is 109 Å². The minimum atomic E-state index is -0.0729. The van der Waals surface area contributed by atoms with Gasteiger partial charge in [-0.3, -0.25) is 0 Å². The third-order valence-electron chi connectivity index (χ3n) is 15.1. The molecule has 2 nitrogen and oxygen atoms in total. The van der Waals surface area contributed by atoms with Crippen molar-refractivity contribution >= 4 is 51.7 Å². The quantitative estimate of drug-likeness (QED) is 0.180. The van der Waals surface area contributed by atoms with Crippen LogP contribution in [0, 0.1) is 0 Å². The Balaban J connectivity index is 1.16. The maximum absolute atomic E-state index is 4.05. The summed E-state index contributed by atoms with van der Waals surface area (Å²) in [6.45, 7) is 17.1. The average molecular weight is 753 g/mol. The third-order valence-corrected chi connectivity index (χ3v) is 15.1. The van der Waals surface area contributed by atoms with Crippen molar-refractivity contribution in [3.63, 3.8) is 0 Å². The summed E-state index contributed by atoms with van der Waals surface area (Å²) in [6, 6.07) is 50.9. The number of benzene rings is 7. The SMILES string of the molecule is CC(C)(C)c1cc2c3c(c1)C1(C)CCCCC1(C)N3c1cc(-c3ccccc3)cc(-c3cc4ccccc4cc3Nc3ccc4c(c3)C(C)(C)c3ccccc3-4)c1B2. The first-order valence-corrected chi connectivity index (χ1v) is 21.6. The zero-order valence-electron chi connectivity index (χ0n) is 35.2. The van der Waals surface area contributed by atoms with Crippen LogP contribution in [0.5, 0.6) is 0 Å². The van der Waals surface area contributed by atoms with E-state index in [4.69, 9.17) is 0 Å². The summed E-state index contributed by atoms with van der Waals surface area (Å²) in [5.74, 6) is 0. The van der Waals surface area contributed by atoms with Gasteiger partial charge in [0.1, 0.15) is 0 Å². The number of fused-ring (bicyclic) bond motifs is 9. The topological polar surface area (TPSA) is 15.3 Å². The molecule has 0 aromatic heterocycles. The first kappa shape index (κ1) is 35.6. The van der Waals surface area contributed by atoms with Gasteiger partial charge >= 0.3 is 0 Å². The first-order valence-electron chi connectivity index (χ1n) is 21.6. The van der Waals surface area contributed by atoms with Crippen molar-refractivity contribution in [2.24, 2.45) is 0 Å². The van der Waals surface area contributed by atoms with Crippen LogP contribution in [-0.2, 0) is 16.2 Å². The Morgan fingerprint density at radius 3 is 2.09 bits per heavy atom. The van der Waals surface area contributed by atoms with Crippen molar-refractivity contribution in [2.45, 2.75) is 95.9 Å². The molecular weight excluding hydrogens is 699 g/mol. The van der Waals surface area contributed by atoms with E-state index in [0.29, 0.717) is 0 Å². The zero-order valence-corrected chi connectivity index (χ0v) is 35.2. The molecule has 7 aromatic carbocycles. The summed E-state index contributed by atoms with van der Waals surface area (Å²) in [5.41, 5.74) is 21.7. The van der Waals surface area contributed by atoms with Gasteiger partial charge in [0.25, 0.3) is 0 Å². The molecule has 58 heavy (non-hydrogen) atoms. The van der Waals surface area contributed by atoms with Gasteiger partial charge in [-0.2, -0.15) is 0 Å². The van der Waals surface area contributed by atoms with Crippen LogP contribution in [0.3, 0.4) is 0 Å². The maximum atomic E-state index is 4.05. The van der Waals surface area contributed by atoms with Gasteiger partial charge in [-0.05, 0) is 128 Å². The highest BCUT2D eigenvalue weighted by atomic mass is 15.3. The summed E-state index contributed by atoms with van der Waals surface area (Å²) in [6.07, 6.45) is 4.96. The molecule has 0 amide bonds. The minimum absolute atomic E-state index is 0.0279. The third kappa shape index (κ3) is 4.98. The van der Waals surface area contributed by atoms with E-state index in [-0.39, 0.29) is 21.8 Å². The average Bonchev–Trinajstić information content (AvgIpc) is 3.58. The molecule has 2 unspecified atom stereocenters. The Hall–Kier alpha value is -5.54. The fourth-order valence-corrected chi connectivity index (χ4v) is 11.6. The van der Waals surface area contributed by atoms with Crippen molar-refractivity contribution in [2.75, 3.05) is 10.2 Å². The van der Waals surface area contributed by atoms with Gasteiger partial charge in [0.2, 0.25) is 0 Å². The number of nitrogens with one attached hydrogen (secondary N) is 1. The standard InChI is InChI=1S/C55H53BN2/c1-52(2,3)38-31-46-51-47(32-38)56-50-43(28-37(34-17-9-8-10-18-34)30-49(50)58(51)55(7)26-16-15-25-54(46,55)6)42-27-35-19-11-12-20-36(35)29-48(42)57-39-23-24-41-40-21-13-14-22-44(40)53(4,5)45(41)33-39/h8-14,17-24,27-33,56-57H,15-16,25-26H2,1-7H3. The summed E-state index contributed by atoms with van der Waals surface area (Å²) in [5, 5.41) is 6.55. The second-order valence-electron chi connectivity index (χ2n) is 19.8. The van der Waals surface area contributed by atoms with Gasteiger partial charge in [0, 0.05) is 39.1 Å². The molecular formula is C55H53BN2. The molecule has 0 radical (unpaired) electrons. The van der Waals surface area contributed by atoms with E-state index in [2.05, 4.69) is 192 Å². The molecule has 4 aliphatic rings. The van der Waals surface area contributed by atoms with Crippen LogP contribution < -0.4 is 21.1 Å². The molecule has 2 aliphatic heterocycles. The molecule has 2 heterocycles. The van der Waals surface area contributed by atoms with Crippen LogP contribution in [0.4, 0.5) is 22.7 Å². The highest BCUT2D eigenvalue weighted by molar-refractivity contribution is 6.73. The summed E-state index contributed by atoms with van der Waals surface area (Å²) >= 11 is 0. The molecule has 1 N–H and O–H groups in total. The monoisotopic (exact) mass is 752 g/mol. The Morgan fingerprint density at radius 2 is 1.29 bits per heavy atom. The molecule has 11 rings (SSSR count). The van der Waals surface area contributed by atoms with Crippen molar-refractivity contribution in [1.82, 2.24) is 0 Å². The Kier molecular flexibility index (Phi) is 7.52. The van der Waals surface area contributed by atoms with Crippen molar-refractivity contribution in [3.8, 4) is 33.4 Å². The largest absolute Gasteiger partial charge is 0.355 e. The molecule has 286 valence electrons. The predicted octanol–water partition coefficient (Wildman–Crippen LogP) is 13.0. The number of hydrogen-bond donors (Lipinski definition) is 1. The lowest BCUT2D eigenvalue weighted by Gasteiger charge is -2.51. The number of anilines is 4. The molecule has 0 saturated heterocycles. The first-order chi connectivity index (χ1) is 27.8. The smallest absolute Gasteiger partial charge is 0.198 e. The second-order valence-corrected chi connectivity index (χ2v) is 19.8. The fraction of sp³-hybridized carbons (Fsp3) is 0.273. The van der Waals surface area contributed by atoms with Crippen LogP contribution in [0.2, 0.25) is 0 Å². The zero-order chi connectivity index (χ0) is 39.8. The van der Waals surface area contributed by atoms with Crippen LogP contribution in [-0.4, -0.2) is 12.8 Å². The lowest BCUT2D eigenvalue weighted by atomic mass is 9.57. The van der Waals surface area contributed by atoms with Crippen LogP contribution in [0.25, 0.3) is 44.2 Å². The van der Waals surface area contributed by atoms with Gasteiger partial charge in [-0.1, -0.05) is 157 Å². The minimum Gasteiger partial charge on any atom is -0.355 e. The number of hydrogen-bond acceptors (Lipinski definition) is 2. The summed E-state index contributed by atoms with van der Waals surface area (Å²) in [7, 11) is 0.909. The maximum Gasteiger partial charge on any atom is 0.198 e. The van der Waals surface area contributed by atoms with Gasteiger partial charge in [-0.25, -0.2) is 0 Å². The highest BCUT2D eigenvalue weighted by Crippen LogP contribution is 2.61. The molecule has 0 bridgehead atoms. The van der Waals surface area contributed by atoms with Crippen molar-refractivity contribution < 1.29 is 0 Å². The Labute approximate surface area is 345 Å². The molecule has 2 aliphatic carbocycles. The van der Waals surface area contributed by atoms with E-state index in [1.54, 1.807) is 5.56 Å². The van der Waals surface area contributed by atoms with Gasteiger partial charge < -0.3 is 10.2 Å². The van der Waals surface area contributed by atoms with E-state index < -0.39 is 0 Å². The molecule has 1 fully saturated rings. The second kappa shape index (κ2) is 12.2. The number of rotatable bonds is 4. The Morgan fingerprint density at radius 1 is 0.586 bits per heavy atom. The van der Waals surface area contributed by atoms with E-state index in [0.717, 1.165) is 18.7 Å². The fourth-order valence-electron chi connectivity index (χ4n) is 11.6. The van der Waals surface area contributed by atoms with Crippen LogP contribution in [0.15, 0.2) is 133 Å². The van der Waals surface area contributed by atoms with Crippen LogP contribution in [0.1, 0.15) is 96.4 Å². The van der Waals surface area contributed by atoms with E-state index in [9.17, 15) is 0 Å². The van der Waals surface area contributed by atoms with E-state index in [1.807, 2.05) is 0 Å². The highest BCUT2D eigenvalue weighted by Gasteiger charge is 2.59. The van der Waals surface area contributed by atoms with Crippen molar-refractivity contribution in [3.05, 3.63) is 156 Å². The normalized spacial score (nSPS) is 20.8. The lowest BCUT2D eigenvalue weighted by Crippen LogP contribution is -2.57. The summed E-state index contributed by atoms with van der Waals surface area (Å²) < 4.78 is 0. The molecule has 0 spiro atoms. The van der Waals surface area contributed by atoms with Gasteiger partial charge in [0.15, 0.2) is 7.28 Å². The number of nitrogens with zero attached hydrogens (tertiary/aromatic N) is 1. The van der Waals surface area contributed by atoms with E-state index >= 15 is 0 Å². The lowest BCUT2D eigenvalue weighted by molar-refractivity contribution is 0.195. The molecule has 1 saturated carbocycles. The van der Waals surface area contributed by atoms with Crippen molar-refractivity contribution in [1.29, 1.82) is 0 Å².